The molecule has 2 aromatic rings. The zero-order valence-corrected chi connectivity index (χ0v) is 17.4. The number of nitrogens with zero attached hydrogens (tertiary/aromatic N) is 1. The predicted molar refractivity (Wildman–Crippen MR) is 111 cm³/mol. The maximum Gasteiger partial charge on any atom is 0.329 e. The van der Waals surface area contributed by atoms with Crippen LogP contribution in [0.25, 0.3) is 6.08 Å². The first-order valence-corrected chi connectivity index (χ1v) is 9.69. The number of imide groups is 1. The molecule has 2 aromatic carbocycles. The first-order valence-electron chi connectivity index (χ1n) is 8.11. The normalized spacial score (nSPS) is 15.2. The molecule has 138 valence electrons. The number of ether oxygens (including phenoxy) is 1. The summed E-state index contributed by atoms with van der Waals surface area (Å²) >= 11 is 7.01. The molecule has 1 heterocycles. The number of carbonyl (C=O) groups excluding carboxylic acids is 2. The first-order chi connectivity index (χ1) is 13.0. The van der Waals surface area contributed by atoms with Gasteiger partial charge in [0.25, 0.3) is 5.91 Å². The SMILES string of the molecule is C=CCN1C(=O)N/C(=C/c2cc(Br)c(OCc3ccccc3)c(Br)c2)C1=O. The number of carbonyl (C=O) groups is 2. The van der Waals surface area contributed by atoms with Gasteiger partial charge in [-0.05, 0) is 61.2 Å². The highest BCUT2D eigenvalue weighted by Gasteiger charge is 2.32. The molecule has 0 spiro atoms. The second-order valence-corrected chi connectivity index (χ2v) is 7.49. The van der Waals surface area contributed by atoms with Crippen molar-refractivity contribution in [2.24, 2.45) is 0 Å². The fraction of sp³-hybridized carbons (Fsp3) is 0.100. The number of halogens is 2. The number of rotatable bonds is 6. The molecule has 0 bridgehead atoms. The average Bonchev–Trinajstić information content (AvgIpc) is 2.90. The number of urea groups is 1. The standard InChI is InChI=1S/C20H16Br2N2O3/c1-2-8-24-19(25)17(23-20(24)26)11-14-9-15(21)18(16(22)10-14)27-12-13-6-4-3-5-7-13/h2-7,9-11H,1,8,12H2,(H,23,26)/b17-11+. The maximum absolute atomic E-state index is 12.3. The lowest BCUT2D eigenvalue weighted by molar-refractivity contribution is -0.122. The highest BCUT2D eigenvalue weighted by molar-refractivity contribution is 9.11. The minimum atomic E-state index is -0.452. The summed E-state index contributed by atoms with van der Waals surface area (Å²) in [4.78, 5) is 25.2. The highest BCUT2D eigenvalue weighted by atomic mass is 79.9. The van der Waals surface area contributed by atoms with Gasteiger partial charge in [0, 0.05) is 6.54 Å². The van der Waals surface area contributed by atoms with Crippen LogP contribution in [0, 0.1) is 0 Å². The Labute approximate surface area is 174 Å². The number of hydrogen-bond acceptors (Lipinski definition) is 3. The van der Waals surface area contributed by atoms with E-state index < -0.39 is 6.03 Å². The van der Waals surface area contributed by atoms with Gasteiger partial charge in [-0.25, -0.2) is 4.79 Å². The largest absolute Gasteiger partial charge is 0.487 e. The van der Waals surface area contributed by atoms with Crippen LogP contribution in [0.1, 0.15) is 11.1 Å². The second-order valence-electron chi connectivity index (χ2n) is 5.78. The number of amides is 3. The Morgan fingerprint density at radius 1 is 1.11 bits per heavy atom. The molecule has 7 heteroatoms. The maximum atomic E-state index is 12.3. The van der Waals surface area contributed by atoms with Gasteiger partial charge in [-0.1, -0.05) is 36.4 Å². The van der Waals surface area contributed by atoms with Crippen LogP contribution in [-0.2, 0) is 11.4 Å². The highest BCUT2D eigenvalue weighted by Crippen LogP contribution is 2.36. The lowest BCUT2D eigenvalue weighted by Gasteiger charge is -2.11. The minimum Gasteiger partial charge on any atom is -0.487 e. The Kier molecular flexibility index (Phi) is 6.13. The van der Waals surface area contributed by atoms with Crippen molar-refractivity contribution < 1.29 is 14.3 Å². The van der Waals surface area contributed by atoms with Crippen LogP contribution >= 0.6 is 31.9 Å². The molecule has 0 atom stereocenters. The molecule has 3 rings (SSSR count). The molecule has 0 aromatic heterocycles. The van der Waals surface area contributed by atoms with Crippen LogP contribution in [0.4, 0.5) is 4.79 Å². The molecule has 1 aliphatic heterocycles. The molecular formula is C20H16Br2N2O3. The van der Waals surface area contributed by atoms with Crippen molar-refractivity contribution in [3.05, 3.63) is 80.9 Å². The van der Waals surface area contributed by atoms with E-state index in [1.807, 2.05) is 42.5 Å². The Hall–Kier alpha value is -2.38. The summed E-state index contributed by atoms with van der Waals surface area (Å²) < 4.78 is 7.37. The quantitative estimate of drug-likeness (QED) is 0.356. The molecule has 5 nitrogen and oxygen atoms in total. The van der Waals surface area contributed by atoms with Gasteiger partial charge in [0.2, 0.25) is 0 Å². The third-order valence-corrected chi connectivity index (χ3v) is 5.01. The van der Waals surface area contributed by atoms with E-state index in [9.17, 15) is 9.59 Å². The molecule has 1 aliphatic rings. The Bertz CT molecular complexity index is 903. The van der Waals surface area contributed by atoms with Crippen molar-refractivity contribution in [2.45, 2.75) is 6.61 Å². The molecule has 1 saturated heterocycles. The molecule has 0 aliphatic carbocycles. The van der Waals surface area contributed by atoms with Gasteiger partial charge in [-0.15, -0.1) is 6.58 Å². The van der Waals surface area contributed by atoms with E-state index in [1.54, 1.807) is 6.08 Å². The van der Waals surface area contributed by atoms with Gasteiger partial charge < -0.3 is 10.1 Å². The fourth-order valence-electron chi connectivity index (χ4n) is 2.56. The molecule has 0 radical (unpaired) electrons. The topological polar surface area (TPSA) is 58.6 Å². The summed E-state index contributed by atoms with van der Waals surface area (Å²) in [5.74, 6) is 0.285. The molecule has 1 N–H and O–H groups in total. The van der Waals surface area contributed by atoms with Crippen LogP contribution in [0.15, 0.2) is 69.8 Å². The molecular weight excluding hydrogens is 476 g/mol. The van der Waals surface area contributed by atoms with E-state index in [0.29, 0.717) is 12.4 Å². The predicted octanol–water partition coefficient (Wildman–Crippen LogP) is 4.87. The molecule has 0 saturated carbocycles. The molecule has 3 amide bonds. The van der Waals surface area contributed by atoms with Crippen LogP contribution in [-0.4, -0.2) is 23.4 Å². The fourth-order valence-corrected chi connectivity index (χ4v) is 4.01. The lowest BCUT2D eigenvalue weighted by atomic mass is 10.2. The van der Waals surface area contributed by atoms with E-state index in [1.165, 1.54) is 6.08 Å². The summed E-state index contributed by atoms with van der Waals surface area (Å²) in [6, 6.07) is 13.1. The van der Waals surface area contributed by atoms with Crippen LogP contribution in [0.2, 0.25) is 0 Å². The first kappa shape index (κ1) is 19.4. The Morgan fingerprint density at radius 2 is 1.78 bits per heavy atom. The number of benzene rings is 2. The van der Waals surface area contributed by atoms with Gasteiger partial charge in [0.05, 0.1) is 8.95 Å². The van der Waals surface area contributed by atoms with Gasteiger partial charge in [-0.3, -0.25) is 9.69 Å². The van der Waals surface area contributed by atoms with Gasteiger partial charge in [0.15, 0.2) is 0 Å². The summed E-state index contributed by atoms with van der Waals surface area (Å²) in [5.41, 5.74) is 2.02. The Morgan fingerprint density at radius 3 is 2.41 bits per heavy atom. The van der Waals surface area contributed by atoms with Crippen LogP contribution in [0.3, 0.4) is 0 Å². The van der Waals surface area contributed by atoms with Crippen molar-refractivity contribution in [3.8, 4) is 5.75 Å². The summed E-state index contributed by atoms with van der Waals surface area (Å²) in [6.45, 7) is 4.16. The van der Waals surface area contributed by atoms with E-state index in [-0.39, 0.29) is 18.1 Å². The third kappa shape index (κ3) is 4.48. The van der Waals surface area contributed by atoms with Gasteiger partial charge in [-0.2, -0.15) is 0 Å². The van der Waals surface area contributed by atoms with Gasteiger partial charge >= 0.3 is 6.03 Å². The number of hydrogen-bond donors (Lipinski definition) is 1. The minimum absolute atomic E-state index is 0.168. The van der Waals surface area contributed by atoms with Crippen molar-refractivity contribution in [3.63, 3.8) is 0 Å². The van der Waals surface area contributed by atoms with Crippen molar-refractivity contribution in [1.82, 2.24) is 10.2 Å². The van der Waals surface area contributed by atoms with Crippen LogP contribution < -0.4 is 10.1 Å². The zero-order valence-electron chi connectivity index (χ0n) is 14.2. The van der Waals surface area contributed by atoms with E-state index in [2.05, 4.69) is 43.8 Å². The van der Waals surface area contributed by atoms with Gasteiger partial charge in [0.1, 0.15) is 18.1 Å². The second kappa shape index (κ2) is 8.54. The molecule has 1 fully saturated rings. The van der Waals surface area contributed by atoms with E-state index in [0.717, 1.165) is 25.0 Å². The van der Waals surface area contributed by atoms with E-state index >= 15 is 0 Å². The van der Waals surface area contributed by atoms with Crippen molar-refractivity contribution in [2.75, 3.05) is 6.54 Å². The average molecular weight is 492 g/mol. The smallest absolute Gasteiger partial charge is 0.329 e. The van der Waals surface area contributed by atoms with Crippen molar-refractivity contribution in [1.29, 1.82) is 0 Å². The molecule has 0 unspecified atom stereocenters. The zero-order chi connectivity index (χ0) is 19.4. The Balaban J connectivity index is 1.79. The summed E-state index contributed by atoms with van der Waals surface area (Å²) in [6.07, 6.45) is 3.13. The van der Waals surface area contributed by atoms with Crippen LogP contribution in [0.5, 0.6) is 5.75 Å². The summed E-state index contributed by atoms with van der Waals surface area (Å²) in [7, 11) is 0. The third-order valence-electron chi connectivity index (χ3n) is 3.83. The monoisotopic (exact) mass is 490 g/mol. The van der Waals surface area contributed by atoms with Crippen molar-refractivity contribution >= 4 is 49.9 Å². The molecule has 27 heavy (non-hydrogen) atoms. The summed E-state index contributed by atoms with van der Waals surface area (Å²) in [5, 5.41) is 2.58. The number of nitrogens with one attached hydrogen (secondary N) is 1. The van der Waals surface area contributed by atoms with E-state index in [4.69, 9.17) is 4.74 Å². The lowest BCUT2D eigenvalue weighted by Crippen LogP contribution is -2.30.